The van der Waals surface area contributed by atoms with Gasteiger partial charge in [0.2, 0.25) is 10.0 Å². The van der Waals surface area contributed by atoms with Gasteiger partial charge in [0.1, 0.15) is 5.75 Å². The van der Waals surface area contributed by atoms with Crippen LogP contribution in [0.5, 0.6) is 5.75 Å². The first-order chi connectivity index (χ1) is 22.1. The average Bonchev–Trinajstić information content (AvgIpc) is 3.39. The van der Waals surface area contributed by atoms with E-state index in [1.807, 2.05) is 32.0 Å². The Morgan fingerprint density at radius 1 is 0.979 bits per heavy atom. The van der Waals surface area contributed by atoms with Crippen LogP contribution in [-0.4, -0.2) is 73.9 Å². The first-order valence-corrected chi connectivity index (χ1v) is 18.7. The number of anilines is 2. The van der Waals surface area contributed by atoms with Crippen molar-refractivity contribution in [3.05, 3.63) is 86.7 Å². The number of piperazine rings is 1. The molecule has 3 N–H and O–H groups in total. The fraction of sp³-hybridized carbons (Fsp3) is 0.353. The average molecular weight is 744 g/mol. The monoisotopic (exact) mass is 742 g/mol. The molecule has 2 heterocycles. The van der Waals surface area contributed by atoms with Gasteiger partial charge in [-0.25, -0.2) is 13.2 Å². The summed E-state index contributed by atoms with van der Waals surface area (Å²) >= 11 is 4.98. The number of halogens is 1. The Kier molecular flexibility index (Phi) is 10.2. The number of hydrogen-bond donors (Lipinski definition) is 3. The lowest BCUT2D eigenvalue weighted by Crippen LogP contribution is -2.47. The lowest BCUT2D eigenvalue weighted by molar-refractivity contribution is 0.102. The predicted molar refractivity (Wildman–Crippen MR) is 192 cm³/mol. The van der Waals surface area contributed by atoms with Crippen molar-refractivity contribution < 1.29 is 27.9 Å². The van der Waals surface area contributed by atoms with Gasteiger partial charge in [-0.05, 0) is 90.5 Å². The van der Waals surface area contributed by atoms with Crippen molar-refractivity contribution in [2.45, 2.75) is 45.8 Å². The van der Waals surface area contributed by atoms with Crippen molar-refractivity contribution in [1.29, 1.82) is 0 Å². The number of carboxylic acid groups (broad SMARTS) is 1. The number of thiophene rings is 1. The normalized spacial score (nSPS) is 14.4. The summed E-state index contributed by atoms with van der Waals surface area (Å²) in [6, 6.07) is 19.1. The van der Waals surface area contributed by atoms with Gasteiger partial charge in [-0.2, -0.15) is 0 Å². The molecule has 1 aromatic heterocycles. The van der Waals surface area contributed by atoms with E-state index in [0.717, 1.165) is 43.3 Å². The molecule has 1 aliphatic rings. The Balaban J connectivity index is 1.39. The Morgan fingerprint density at radius 3 is 2.34 bits per heavy atom. The van der Waals surface area contributed by atoms with Crippen molar-refractivity contribution in [2.24, 2.45) is 0 Å². The Hall–Kier alpha value is -3.65. The molecule has 0 spiro atoms. The van der Waals surface area contributed by atoms with Gasteiger partial charge in [0.05, 0.1) is 17.2 Å². The van der Waals surface area contributed by atoms with E-state index in [1.165, 1.54) is 16.2 Å². The lowest BCUT2D eigenvalue weighted by atomic mass is 9.77. The minimum atomic E-state index is -3.42. The van der Waals surface area contributed by atoms with Crippen LogP contribution in [0.1, 0.15) is 54.1 Å². The number of hydrogen-bond acceptors (Lipinski definition) is 7. The second-order valence-corrected chi connectivity index (χ2v) is 16.4. The smallest absolute Gasteiger partial charge is 0.407 e. The molecule has 0 radical (unpaired) electrons. The second-order valence-electron chi connectivity index (χ2n) is 12.6. The van der Waals surface area contributed by atoms with Crippen molar-refractivity contribution in [3.8, 4) is 5.75 Å². The highest BCUT2D eigenvalue weighted by Crippen LogP contribution is 2.38. The van der Waals surface area contributed by atoms with Crippen LogP contribution in [-0.2, 0) is 22.0 Å². The van der Waals surface area contributed by atoms with Crippen molar-refractivity contribution in [1.82, 2.24) is 9.80 Å². The number of carbonyl (C=O) groups is 2. The van der Waals surface area contributed by atoms with Gasteiger partial charge in [0.15, 0.2) is 0 Å². The van der Waals surface area contributed by atoms with Gasteiger partial charge >= 0.3 is 6.09 Å². The maximum Gasteiger partial charge on any atom is 0.407 e. The number of ether oxygens (including phenoxy) is 1. The molecular formula is C34H39BrN4O6S2. The zero-order valence-electron chi connectivity index (χ0n) is 27.0. The molecule has 47 heavy (non-hydrogen) atoms. The predicted octanol–water partition coefficient (Wildman–Crippen LogP) is 7.20. The summed E-state index contributed by atoms with van der Waals surface area (Å²) in [6.07, 6.45) is 0.205. The van der Waals surface area contributed by atoms with Gasteiger partial charge in [-0.3, -0.25) is 14.4 Å². The molecule has 1 aliphatic heterocycles. The number of nitrogens with one attached hydrogen (secondary N) is 2. The van der Waals surface area contributed by atoms with Gasteiger partial charge in [-0.1, -0.05) is 35.8 Å². The fourth-order valence-corrected chi connectivity index (χ4v) is 7.61. The van der Waals surface area contributed by atoms with E-state index >= 15 is 0 Å². The molecule has 250 valence electrons. The third kappa shape index (κ3) is 8.83. The standard InChI is InChI=1S/C34H39BrN4O6S2/c1-21(2)45-29-13-22(20-38-8-10-39(11-9-38)33(41)42)12-24(18-29)34(3,4)25-16-26(35)19-28(17-25)36-32(40)31-15-23-14-27(37-47(5,43)44)6-7-30(23)46-31/h6-7,12-19,21,37H,8-11,20H2,1-5H3,(H,36,40)(H,41,42). The Morgan fingerprint density at radius 2 is 1.68 bits per heavy atom. The fourth-order valence-electron chi connectivity index (χ4n) is 5.62. The summed E-state index contributed by atoms with van der Waals surface area (Å²) in [5.74, 6) is 0.510. The SMILES string of the molecule is CC(C)Oc1cc(CN2CCN(C(=O)O)CC2)cc(C(C)(C)c2cc(Br)cc(NC(=O)c3cc4cc(NS(C)(=O)=O)ccc4s3)c2)c1. The third-order valence-electron chi connectivity index (χ3n) is 8.03. The minimum Gasteiger partial charge on any atom is -0.491 e. The van der Waals surface area contributed by atoms with E-state index in [1.54, 1.807) is 24.3 Å². The zero-order valence-corrected chi connectivity index (χ0v) is 30.2. The van der Waals surface area contributed by atoms with Gasteiger partial charge in [0.25, 0.3) is 5.91 Å². The van der Waals surface area contributed by atoms with Crippen LogP contribution in [0, 0.1) is 0 Å². The summed E-state index contributed by atoms with van der Waals surface area (Å²) in [6.45, 7) is 11.2. The van der Waals surface area contributed by atoms with Crippen molar-refractivity contribution in [3.63, 3.8) is 0 Å². The number of sulfonamides is 1. The maximum atomic E-state index is 13.4. The van der Waals surface area contributed by atoms with E-state index in [9.17, 15) is 23.1 Å². The first kappa shape index (κ1) is 34.7. The topological polar surface area (TPSA) is 128 Å². The number of fused-ring (bicyclic) bond motifs is 1. The third-order valence-corrected chi connectivity index (χ3v) is 10.2. The number of amides is 2. The maximum absolute atomic E-state index is 13.4. The minimum absolute atomic E-state index is 0.00977. The Labute approximate surface area is 287 Å². The summed E-state index contributed by atoms with van der Waals surface area (Å²) in [4.78, 5) is 29.0. The van der Waals surface area contributed by atoms with Crippen LogP contribution in [0.3, 0.4) is 0 Å². The van der Waals surface area contributed by atoms with Crippen LogP contribution in [0.15, 0.2) is 65.1 Å². The van der Waals surface area contributed by atoms with Gasteiger partial charge in [-0.15, -0.1) is 11.3 Å². The molecule has 4 aromatic rings. The molecular weight excluding hydrogens is 704 g/mol. The van der Waals surface area contributed by atoms with E-state index < -0.39 is 21.5 Å². The molecule has 0 atom stereocenters. The molecule has 0 unspecified atom stereocenters. The molecule has 10 nitrogen and oxygen atoms in total. The van der Waals surface area contributed by atoms with Crippen LogP contribution in [0.25, 0.3) is 10.1 Å². The molecule has 5 rings (SSSR count). The summed E-state index contributed by atoms with van der Waals surface area (Å²) < 4.78 is 33.6. The molecule has 1 saturated heterocycles. The first-order valence-electron chi connectivity index (χ1n) is 15.2. The number of carbonyl (C=O) groups excluding carboxylic acids is 1. The summed E-state index contributed by atoms with van der Waals surface area (Å²) in [5.41, 5.74) is 3.71. The van der Waals surface area contributed by atoms with Crippen LogP contribution in [0.2, 0.25) is 0 Å². The van der Waals surface area contributed by atoms with Gasteiger partial charge in [0, 0.05) is 58.7 Å². The lowest BCUT2D eigenvalue weighted by Gasteiger charge is -2.33. The number of rotatable bonds is 10. The highest BCUT2D eigenvalue weighted by molar-refractivity contribution is 9.10. The molecule has 0 aliphatic carbocycles. The highest BCUT2D eigenvalue weighted by Gasteiger charge is 2.27. The number of benzene rings is 3. The quantitative estimate of drug-likeness (QED) is 0.157. The molecule has 13 heteroatoms. The molecule has 0 saturated carbocycles. The van der Waals surface area contributed by atoms with Crippen molar-refractivity contribution >= 4 is 70.8 Å². The van der Waals surface area contributed by atoms with E-state index in [-0.39, 0.29) is 12.0 Å². The zero-order chi connectivity index (χ0) is 34.1. The number of nitrogens with zero attached hydrogens (tertiary/aromatic N) is 2. The Bertz CT molecular complexity index is 1920. The van der Waals surface area contributed by atoms with Crippen LogP contribution < -0.4 is 14.8 Å². The van der Waals surface area contributed by atoms with Crippen LogP contribution >= 0.6 is 27.3 Å². The van der Waals surface area contributed by atoms with E-state index in [4.69, 9.17) is 4.74 Å². The second kappa shape index (κ2) is 13.8. The highest BCUT2D eigenvalue weighted by atomic mass is 79.9. The molecule has 1 fully saturated rings. The molecule has 2 amide bonds. The molecule has 0 bridgehead atoms. The van der Waals surface area contributed by atoms with Crippen LogP contribution in [0.4, 0.5) is 16.2 Å². The van der Waals surface area contributed by atoms with Gasteiger partial charge < -0.3 is 20.1 Å². The summed E-state index contributed by atoms with van der Waals surface area (Å²) in [5, 5.41) is 13.1. The summed E-state index contributed by atoms with van der Waals surface area (Å²) in [7, 11) is -3.42. The van der Waals surface area contributed by atoms with Crippen molar-refractivity contribution in [2.75, 3.05) is 42.5 Å². The largest absolute Gasteiger partial charge is 0.491 e. The van der Waals surface area contributed by atoms with E-state index in [2.05, 4.69) is 62.9 Å². The molecule has 3 aromatic carbocycles. The van der Waals surface area contributed by atoms with E-state index in [0.29, 0.717) is 49.0 Å².